The number of ether oxygens (including phenoxy) is 1. The highest BCUT2D eigenvalue weighted by atomic mass is 35.5. The highest BCUT2D eigenvalue weighted by Crippen LogP contribution is 2.32. The van der Waals surface area contributed by atoms with E-state index in [0.29, 0.717) is 16.7 Å². The largest absolute Gasteiger partial charge is 0.495 e. The molecule has 3 rings (SSSR count). The normalized spacial score (nSPS) is 15.3. The van der Waals surface area contributed by atoms with Crippen molar-refractivity contribution >= 4 is 29.1 Å². The lowest BCUT2D eigenvalue weighted by Crippen LogP contribution is -2.46. The van der Waals surface area contributed by atoms with Gasteiger partial charge in [-0.15, -0.1) is 5.10 Å². The van der Waals surface area contributed by atoms with Crippen LogP contribution in [0.1, 0.15) is 12.5 Å². The van der Waals surface area contributed by atoms with E-state index in [1.165, 1.54) is 0 Å². The van der Waals surface area contributed by atoms with Gasteiger partial charge in [-0.25, -0.2) is 0 Å². The van der Waals surface area contributed by atoms with E-state index in [4.69, 9.17) is 16.3 Å². The van der Waals surface area contributed by atoms with Crippen LogP contribution < -0.4 is 15.0 Å². The number of nitrogens with one attached hydrogen (secondary N) is 1. The number of nitrogens with zero attached hydrogens (tertiary/aromatic N) is 5. The molecule has 0 amide bonds. The summed E-state index contributed by atoms with van der Waals surface area (Å²) in [6, 6.07) is 3.69. The van der Waals surface area contributed by atoms with Crippen LogP contribution in [0.2, 0.25) is 5.02 Å². The van der Waals surface area contributed by atoms with Crippen molar-refractivity contribution in [3.8, 4) is 5.75 Å². The summed E-state index contributed by atoms with van der Waals surface area (Å²) in [5.41, 5.74) is 1.71. The molecule has 0 spiro atoms. The summed E-state index contributed by atoms with van der Waals surface area (Å²) in [5, 5.41) is 12.0. The molecule has 0 aliphatic carbocycles. The van der Waals surface area contributed by atoms with Crippen molar-refractivity contribution in [1.29, 1.82) is 0 Å². The lowest BCUT2D eigenvalue weighted by atomic mass is 10.2. The minimum Gasteiger partial charge on any atom is -0.495 e. The van der Waals surface area contributed by atoms with Crippen LogP contribution in [-0.4, -0.2) is 59.9 Å². The molecule has 1 aliphatic rings. The third-order valence-electron chi connectivity index (χ3n) is 4.42. The van der Waals surface area contributed by atoms with Gasteiger partial charge < -0.3 is 19.9 Å². The fourth-order valence-corrected chi connectivity index (χ4v) is 3.00. The van der Waals surface area contributed by atoms with Gasteiger partial charge in [0.2, 0.25) is 5.95 Å². The summed E-state index contributed by atoms with van der Waals surface area (Å²) in [4.78, 5) is 9.26. The van der Waals surface area contributed by atoms with Gasteiger partial charge in [0.15, 0.2) is 5.82 Å². The Kier molecular flexibility index (Phi) is 5.55. The maximum atomic E-state index is 6.16. The highest BCUT2D eigenvalue weighted by Gasteiger charge is 2.18. The Morgan fingerprint density at radius 3 is 2.68 bits per heavy atom. The first-order valence-electron chi connectivity index (χ1n) is 8.39. The van der Waals surface area contributed by atoms with Crippen LogP contribution in [0.5, 0.6) is 5.75 Å². The number of benzene rings is 1. The molecular formula is C17H23ClN6O. The van der Waals surface area contributed by atoms with E-state index in [0.717, 1.165) is 49.8 Å². The molecular weight excluding hydrogens is 340 g/mol. The van der Waals surface area contributed by atoms with Gasteiger partial charge in [-0.1, -0.05) is 18.5 Å². The molecule has 0 unspecified atom stereocenters. The third kappa shape index (κ3) is 4.11. The standard InChI is InChI=1S/C17H23ClN6O/c1-4-23-5-7-24(8-6-23)16-11-19-22-17(21-16)20-14-9-12(2)13(18)10-15(14)25-3/h9-11H,4-8H2,1-3H3,(H,20,21,22). The van der Waals surface area contributed by atoms with E-state index in [1.807, 2.05) is 13.0 Å². The van der Waals surface area contributed by atoms with Gasteiger partial charge >= 0.3 is 0 Å². The molecule has 2 heterocycles. The molecule has 25 heavy (non-hydrogen) atoms. The number of aryl methyl sites for hydroxylation is 1. The summed E-state index contributed by atoms with van der Waals surface area (Å²) in [5.74, 6) is 1.91. The fourth-order valence-electron chi connectivity index (χ4n) is 2.84. The number of rotatable bonds is 5. The van der Waals surface area contributed by atoms with E-state index in [1.54, 1.807) is 19.4 Å². The van der Waals surface area contributed by atoms with Gasteiger partial charge in [-0.05, 0) is 25.1 Å². The number of hydrogen-bond acceptors (Lipinski definition) is 7. The molecule has 0 bridgehead atoms. The molecule has 0 atom stereocenters. The lowest BCUT2D eigenvalue weighted by Gasteiger charge is -2.34. The summed E-state index contributed by atoms with van der Waals surface area (Å²) in [7, 11) is 1.61. The predicted octanol–water partition coefficient (Wildman–Crippen LogP) is 2.73. The minimum absolute atomic E-state index is 0.440. The number of likely N-dealkylation sites (N-methyl/N-ethyl adjacent to an activating group) is 1. The Morgan fingerprint density at radius 1 is 1.24 bits per heavy atom. The van der Waals surface area contributed by atoms with Crippen LogP contribution in [0.3, 0.4) is 0 Å². The van der Waals surface area contributed by atoms with Gasteiger partial charge in [0.1, 0.15) is 5.75 Å². The monoisotopic (exact) mass is 362 g/mol. The maximum absolute atomic E-state index is 6.16. The first-order chi connectivity index (χ1) is 12.1. The average Bonchev–Trinajstić information content (AvgIpc) is 2.65. The Bertz CT molecular complexity index is 733. The van der Waals surface area contributed by atoms with Gasteiger partial charge in [-0.2, -0.15) is 10.1 Å². The van der Waals surface area contributed by atoms with E-state index >= 15 is 0 Å². The van der Waals surface area contributed by atoms with E-state index in [2.05, 4.69) is 37.2 Å². The second kappa shape index (κ2) is 7.84. The summed E-state index contributed by atoms with van der Waals surface area (Å²) in [6.45, 7) is 9.16. The van der Waals surface area contributed by atoms with Crippen molar-refractivity contribution in [2.24, 2.45) is 0 Å². The van der Waals surface area contributed by atoms with Crippen LogP contribution in [0.4, 0.5) is 17.5 Å². The molecule has 0 saturated carbocycles. The first kappa shape index (κ1) is 17.7. The molecule has 8 heteroatoms. The molecule has 2 aromatic rings. The zero-order valence-electron chi connectivity index (χ0n) is 14.8. The van der Waals surface area contributed by atoms with Gasteiger partial charge in [0, 0.05) is 37.3 Å². The highest BCUT2D eigenvalue weighted by molar-refractivity contribution is 6.31. The van der Waals surface area contributed by atoms with Gasteiger partial charge in [0.25, 0.3) is 0 Å². The molecule has 1 fully saturated rings. The summed E-state index contributed by atoms with van der Waals surface area (Å²) >= 11 is 6.16. The van der Waals surface area contributed by atoms with Crippen molar-refractivity contribution in [1.82, 2.24) is 20.1 Å². The minimum atomic E-state index is 0.440. The summed E-state index contributed by atoms with van der Waals surface area (Å²) < 4.78 is 5.39. The second-order valence-corrected chi connectivity index (χ2v) is 6.39. The number of methoxy groups -OCH3 is 1. The zero-order chi connectivity index (χ0) is 17.8. The number of aromatic nitrogens is 3. The third-order valence-corrected chi connectivity index (χ3v) is 4.82. The van der Waals surface area contributed by atoms with Gasteiger partial charge in [0.05, 0.1) is 19.0 Å². The van der Waals surface area contributed by atoms with Crippen molar-refractivity contribution in [2.45, 2.75) is 13.8 Å². The number of piperazine rings is 1. The van der Waals surface area contributed by atoms with Crippen LogP contribution in [0.15, 0.2) is 18.3 Å². The molecule has 134 valence electrons. The van der Waals surface area contributed by atoms with Crippen LogP contribution >= 0.6 is 11.6 Å². The van der Waals surface area contributed by atoms with E-state index in [-0.39, 0.29) is 0 Å². The van der Waals surface area contributed by atoms with Crippen molar-refractivity contribution in [3.63, 3.8) is 0 Å². The zero-order valence-corrected chi connectivity index (χ0v) is 15.5. The average molecular weight is 363 g/mol. The van der Waals surface area contributed by atoms with E-state index in [9.17, 15) is 0 Å². The Morgan fingerprint density at radius 2 is 2.00 bits per heavy atom. The SMILES string of the molecule is CCN1CCN(c2cnnc(Nc3cc(C)c(Cl)cc3OC)n2)CC1. The van der Waals surface area contributed by atoms with Crippen LogP contribution in [0.25, 0.3) is 0 Å². The molecule has 1 aromatic carbocycles. The fraction of sp³-hybridized carbons (Fsp3) is 0.471. The Labute approximate surface area is 153 Å². The van der Waals surface area contributed by atoms with Crippen LogP contribution in [-0.2, 0) is 0 Å². The number of anilines is 3. The smallest absolute Gasteiger partial charge is 0.249 e. The van der Waals surface area contributed by atoms with Crippen molar-refractivity contribution < 1.29 is 4.74 Å². The summed E-state index contributed by atoms with van der Waals surface area (Å²) in [6.07, 6.45) is 1.71. The second-order valence-electron chi connectivity index (χ2n) is 5.99. The van der Waals surface area contributed by atoms with E-state index < -0.39 is 0 Å². The lowest BCUT2D eigenvalue weighted by molar-refractivity contribution is 0.270. The van der Waals surface area contributed by atoms with Crippen molar-refractivity contribution in [2.75, 3.05) is 50.1 Å². The molecule has 7 nitrogen and oxygen atoms in total. The molecule has 1 aliphatic heterocycles. The molecule has 0 radical (unpaired) electrons. The first-order valence-corrected chi connectivity index (χ1v) is 8.76. The number of hydrogen-bond donors (Lipinski definition) is 1. The topological polar surface area (TPSA) is 66.4 Å². The maximum Gasteiger partial charge on any atom is 0.249 e. The molecule has 1 aromatic heterocycles. The van der Waals surface area contributed by atoms with Crippen molar-refractivity contribution in [3.05, 3.63) is 28.9 Å². The Balaban J connectivity index is 1.78. The van der Waals surface area contributed by atoms with Crippen LogP contribution in [0, 0.1) is 6.92 Å². The predicted molar refractivity (Wildman–Crippen MR) is 100 cm³/mol. The Hall–Kier alpha value is -2.12. The molecule has 1 N–H and O–H groups in total. The number of halogens is 1. The molecule has 1 saturated heterocycles. The quantitative estimate of drug-likeness (QED) is 0.877. The van der Waals surface area contributed by atoms with Gasteiger partial charge in [-0.3, -0.25) is 0 Å².